The van der Waals surface area contributed by atoms with E-state index in [1.54, 1.807) is 0 Å². The molecule has 8 aromatic carbocycles. The van der Waals surface area contributed by atoms with Crippen molar-refractivity contribution in [2.24, 2.45) is 0 Å². The van der Waals surface area contributed by atoms with Gasteiger partial charge < -0.3 is 4.57 Å². The Morgan fingerprint density at radius 1 is 0.474 bits per heavy atom. The molecule has 3 aromatic heterocycles. The van der Waals surface area contributed by atoms with Crippen molar-refractivity contribution in [3.8, 4) is 39.5 Å². The van der Waals surface area contributed by atoms with Gasteiger partial charge in [-0.2, -0.15) is 0 Å². The molecule has 1 aliphatic heterocycles. The van der Waals surface area contributed by atoms with Gasteiger partial charge in [0.2, 0.25) is 8.07 Å². The largest absolute Gasteiger partial charge is 0.309 e. The molecular formula is C52H33N3SSi. The number of nitrogens with zero attached hydrogens (tertiary/aromatic N) is 3. The second kappa shape index (κ2) is 12.5. The average molecular weight is 760 g/mol. The minimum atomic E-state index is -2.90. The molecule has 12 rings (SSSR count). The molecular weight excluding hydrogens is 727 g/mol. The van der Waals surface area contributed by atoms with Crippen molar-refractivity contribution in [2.75, 3.05) is 0 Å². The highest BCUT2D eigenvalue weighted by molar-refractivity contribution is 7.26. The summed E-state index contributed by atoms with van der Waals surface area (Å²) in [5.74, 6) is 0.745. The fraction of sp³-hybridized carbons (Fsp3) is 0. The van der Waals surface area contributed by atoms with E-state index in [1.165, 1.54) is 63.1 Å². The lowest BCUT2D eigenvalue weighted by atomic mass is 10.00. The maximum atomic E-state index is 5.69. The predicted octanol–water partition coefficient (Wildman–Crippen LogP) is 10.6. The molecule has 3 nitrogen and oxygen atoms in total. The van der Waals surface area contributed by atoms with Crippen LogP contribution >= 0.6 is 11.3 Å². The van der Waals surface area contributed by atoms with Crippen LogP contribution in [-0.2, 0) is 0 Å². The third-order valence-corrected chi connectivity index (χ3v) is 17.7. The molecule has 0 aliphatic carbocycles. The first-order valence-electron chi connectivity index (χ1n) is 19.4. The Morgan fingerprint density at radius 2 is 1.12 bits per heavy atom. The molecule has 266 valence electrons. The second-order valence-electron chi connectivity index (χ2n) is 14.8. The summed E-state index contributed by atoms with van der Waals surface area (Å²) in [4.78, 5) is 11.3. The Morgan fingerprint density at radius 3 is 1.91 bits per heavy atom. The van der Waals surface area contributed by atoms with Crippen molar-refractivity contribution in [3.63, 3.8) is 0 Å². The Hall–Kier alpha value is -6.92. The van der Waals surface area contributed by atoms with Crippen LogP contribution in [0.5, 0.6) is 0 Å². The van der Waals surface area contributed by atoms with Gasteiger partial charge in [0.05, 0.1) is 22.0 Å². The first-order chi connectivity index (χ1) is 28.3. The number of hydrogen-bond acceptors (Lipinski definition) is 3. The number of thiophene rings is 1. The minimum Gasteiger partial charge on any atom is -0.309 e. The van der Waals surface area contributed by atoms with E-state index in [2.05, 4.69) is 205 Å². The maximum absolute atomic E-state index is 5.69. The zero-order chi connectivity index (χ0) is 37.5. The number of aromatic nitrogens is 3. The number of para-hydroxylation sites is 1. The molecule has 0 saturated carbocycles. The highest BCUT2D eigenvalue weighted by Gasteiger charge is 2.51. The minimum absolute atomic E-state index is 0.745. The summed E-state index contributed by atoms with van der Waals surface area (Å²) in [6.07, 6.45) is 0. The SMILES string of the molecule is c1ccc(-c2nc(-c3cccc(-n4c5ccccc5c5ccc6sc7ccccc7c6c54)c3)c3c(n2)[Si](c2ccccc2)(c2ccccc2)c2ccccc2-3)cc1. The van der Waals surface area contributed by atoms with Gasteiger partial charge in [0.15, 0.2) is 5.82 Å². The van der Waals surface area contributed by atoms with Crippen molar-refractivity contribution in [1.82, 2.24) is 14.5 Å². The molecule has 0 saturated heterocycles. The van der Waals surface area contributed by atoms with E-state index in [1.807, 2.05) is 11.3 Å². The van der Waals surface area contributed by atoms with Crippen molar-refractivity contribution >= 4 is 82.3 Å². The summed E-state index contributed by atoms with van der Waals surface area (Å²) in [7, 11) is -2.90. The van der Waals surface area contributed by atoms with Crippen LogP contribution < -0.4 is 20.9 Å². The predicted molar refractivity (Wildman–Crippen MR) is 243 cm³/mol. The lowest BCUT2D eigenvalue weighted by Gasteiger charge is -2.30. The summed E-state index contributed by atoms with van der Waals surface area (Å²) < 4.78 is 5.08. The second-order valence-corrected chi connectivity index (χ2v) is 19.6. The van der Waals surface area contributed by atoms with Crippen LogP contribution in [-0.4, -0.2) is 22.6 Å². The van der Waals surface area contributed by atoms with Gasteiger partial charge >= 0.3 is 0 Å². The van der Waals surface area contributed by atoms with Crippen LogP contribution in [0.15, 0.2) is 200 Å². The third kappa shape index (κ3) is 4.64. The standard InChI is InChI=1S/C52H33N3SSi/c1-4-17-34(18-5-1)51-53-49(48-42-27-12-15-30-46(42)57(52(48)54-51,37-21-6-2-7-22-37)38-23-8-3-9-24-38)35-19-16-20-36(33-35)55-43-28-13-10-25-39(43)40-31-32-45-47(50(40)55)41-26-11-14-29-44(41)56-45/h1-33H. The van der Waals surface area contributed by atoms with Gasteiger partial charge in [-0.25, -0.2) is 9.97 Å². The van der Waals surface area contributed by atoms with Crippen LogP contribution in [0.4, 0.5) is 0 Å². The maximum Gasteiger partial charge on any atom is 0.203 e. The van der Waals surface area contributed by atoms with Crippen molar-refractivity contribution in [2.45, 2.75) is 0 Å². The van der Waals surface area contributed by atoms with Gasteiger partial charge in [-0.05, 0) is 51.5 Å². The van der Waals surface area contributed by atoms with Crippen LogP contribution in [0.25, 0.3) is 81.4 Å². The fourth-order valence-corrected chi connectivity index (χ4v) is 15.6. The topological polar surface area (TPSA) is 30.7 Å². The molecule has 0 unspecified atom stereocenters. The van der Waals surface area contributed by atoms with Gasteiger partial charge in [-0.3, -0.25) is 0 Å². The summed E-state index contributed by atoms with van der Waals surface area (Å²) in [6, 6.07) is 73.0. The van der Waals surface area contributed by atoms with Gasteiger partial charge in [0, 0.05) is 53.3 Å². The van der Waals surface area contributed by atoms with E-state index >= 15 is 0 Å². The molecule has 5 heteroatoms. The molecule has 0 atom stereocenters. The summed E-state index contributed by atoms with van der Waals surface area (Å²) in [6.45, 7) is 0. The number of fused-ring (bicyclic) bond motifs is 10. The zero-order valence-corrected chi connectivity index (χ0v) is 32.6. The van der Waals surface area contributed by atoms with Gasteiger partial charge in [-0.1, -0.05) is 170 Å². The van der Waals surface area contributed by atoms with Gasteiger partial charge in [0.25, 0.3) is 0 Å². The highest BCUT2D eigenvalue weighted by Crippen LogP contribution is 2.44. The Labute approximate surface area is 334 Å². The molecule has 57 heavy (non-hydrogen) atoms. The van der Waals surface area contributed by atoms with Crippen LogP contribution in [0.3, 0.4) is 0 Å². The fourth-order valence-electron chi connectivity index (χ4n) is 9.52. The Bertz CT molecular complexity index is 3310. The number of hydrogen-bond donors (Lipinski definition) is 0. The molecule has 0 bridgehead atoms. The quantitative estimate of drug-likeness (QED) is 0.164. The normalized spacial score (nSPS) is 13.1. The first kappa shape index (κ1) is 32.3. The molecule has 0 amide bonds. The zero-order valence-electron chi connectivity index (χ0n) is 30.8. The number of rotatable bonds is 5. The molecule has 0 spiro atoms. The summed E-state index contributed by atoms with van der Waals surface area (Å²) in [5, 5.41) is 10.2. The molecule has 0 radical (unpaired) electrons. The molecule has 4 heterocycles. The van der Waals surface area contributed by atoms with E-state index in [0.717, 1.165) is 39.2 Å². The lowest BCUT2D eigenvalue weighted by molar-refractivity contribution is 1.18. The van der Waals surface area contributed by atoms with Crippen LogP contribution in [0.1, 0.15) is 0 Å². The lowest BCUT2D eigenvalue weighted by Crippen LogP contribution is -2.73. The first-order valence-corrected chi connectivity index (χ1v) is 22.2. The van der Waals surface area contributed by atoms with Crippen molar-refractivity contribution in [3.05, 3.63) is 200 Å². The summed E-state index contributed by atoms with van der Waals surface area (Å²) >= 11 is 1.87. The van der Waals surface area contributed by atoms with E-state index in [9.17, 15) is 0 Å². The van der Waals surface area contributed by atoms with Gasteiger partial charge in [-0.15, -0.1) is 11.3 Å². The molecule has 0 fully saturated rings. The molecule has 11 aromatic rings. The van der Waals surface area contributed by atoms with Gasteiger partial charge in [0.1, 0.15) is 0 Å². The van der Waals surface area contributed by atoms with Crippen LogP contribution in [0, 0.1) is 0 Å². The highest BCUT2D eigenvalue weighted by atomic mass is 32.1. The Kier molecular flexibility index (Phi) is 7.12. The average Bonchev–Trinajstić information content (AvgIpc) is 3.93. The number of benzene rings is 8. The summed E-state index contributed by atoms with van der Waals surface area (Å²) in [5.41, 5.74) is 8.92. The van der Waals surface area contributed by atoms with E-state index in [4.69, 9.17) is 9.97 Å². The third-order valence-electron chi connectivity index (χ3n) is 11.9. The van der Waals surface area contributed by atoms with E-state index < -0.39 is 8.07 Å². The smallest absolute Gasteiger partial charge is 0.203 e. The monoisotopic (exact) mass is 759 g/mol. The van der Waals surface area contributed by atoms with Crippen molar-refractivity contribution in [1.29, 1.82) is 0 Å². The molecule has 1 aliphatic rings. The van der Waals surface area contributed by atoms with E-state index in [-0.39, 0.29) is 0 Å². The van der Waals surface area contributed by atoms with E-state index in [0.29, 0.717) is 0 Å². The Balaban J connectivity index is 1.19. The van der Waals surface area contributed by atoms with Crippen LogP contribution in [0.2, 0.25) is 0 Å². The van der Waals surface area contributed by atoms with Crippen molar-refractivity contribution < 1.29 is 0 Å². The molecule has 0 N–H and O–H groups in total.